The average Bonchev–Trinajstić information content (AvgIpc) is 3.23. The van der Waals surface area contributed by atoms with Crippen molar-refractivity contribution in [3.63, 3.8) is 0 Å². The van der Waals surface area contributed by atoms with Crippen molar-refractivity contribution < 1.29 is 41.0 Å². The highest BCUT2D eigenvalue weighted by molar-refractivity contribution is 5.83. The number of rotatable bonds is 8. The Morgan fingerprint density at radius 2 is 1.35 bits per heavy atom. The molecule has 0 saturated heterocycles. The van der Waals surface area contributed by atoms with E-state index in [9.17, 15) is 31.5 Å². The molecule has 4 rings (SSSR count). The zero-order valence-electron chi connectivity index (χ0n) is 19.6. The molecule has 0 aromatic heterocycles. The van der Waals surface area contributed by atoms with Gasteiger partial charge in [-0.3, -0.25) is 0 Å². The molecule has 1 aliphatic carbocycles. The first kappa shape index (κ1) is 26.1. The van der Waals surface area contributed by atoms with Crippen molar-refractivity contribution in [2.75, 3.05) is 6.61 Å². The summed E-state index contributed by atoms with van der Waals surface area (Å²) in [5, 5.41) is 2.28. The third kappa shape index (κ3) is 5.14. The van der Waals surface area contributed by atoms with E-state index in [1.165, 1.54) is 0 Å². The third-order valence-electron chi connectivity index (χ3n) is 6.14. The van der Waals surface area contributed by atoms with E-state index in [-0.39, 0.29) is 18.9 Å². The van der Waals surface area contributed by atoms with E-state index in [1.807, 2.05) is 48.5 Å². The Kier molecular flexibility index (Phi) is 7.75. The molecular weight excluding hydrogens is 497 g/mol. The second-order valence-corrected chi connectivity index (χ2v) is 8.48. The molecule has 3 aromatic carbocycles. The second kappa shape index (κ2) is 11.0. The minimum atomic E-state index is -2.38. The Hall–Kier alpha value is -3.95. The third-order valence-corrected chi connectivity index (χ3v) is 6.14. The van der Waals surface area contributed by atoms with E-state index in [2.05, 4.69) is 10.1 Å². The van der Waals surface area contributed by atoms with Crippen molar-refractivity contribution in [1.29, 1.82) is 0 Å². The van der Waals surface area contributed by atoms with E-state index >= 15 is 0 Å². The number of nitrogens with one attached hydrogen (secondary N) is 1. The number of benzene rings is 3. The van der Waals surface area contributed by atoms with Gasteiger partial charge in [0.15, 0.2) is 0 Å². The Labute approximate surface area is 209 Å². The quantitative estimate of drug-likeness (QED) is 0.123. The lowest BCUT2D eigenvalue weighted by atomic mass is 9.98. The fraction of sp³-hybridized carbons (Fsp3) is 0.259. The first-order valence-corrected chi connectivity index (χ1v) is 11.6. The van der Waals surface area contributed by atoms with Crippen LogP contribution in [0.15, 0.2) is 48.5 Å². The summed E-state index contributed by atoms with van der Waals surface area (Å²) in [6, 6.07) is 13.9. The minimum Gasteiger partial charge on any atom is -0.449 e. The first-order valence-electron chi connectivity index (χ1n) is 11.6. The predicted molar refractivity (Wildman–Crippen MR) is 123 cm³/mol. The van der Waals surface area contributed by atoms with Gasteiger partial charge in [0.05, 0.1) is 0 Å². The van der Waals surface area contributed by atoms with Gasteiger partial charge in [0.25, 0.3) is 0 Å². The van der Waals surface area contributed by atoms with Crippen LogP contribution in [0, 0.1) is 29.1 Å². The molecule has 0 saturated carbocycles. The minimum absolute atomic E-state index is 0.0189. The number of halogens is 5. The van der Waals surface area contributed by atoms with E-state index < -0.39 is 52.9 Å². The fourth-order valence-corrected chi connectivity index (χ4v) is 4.29. The smallest absolute Gasteiger partial charge is 0.407 e. The number of esters is 1. The molecule has 0 aliphatic heterocycles. The maximum Gasteiger partial charge on any atom is 0.407 e. The van der Waals surface area contributed by atoms with Crippen LogP contribution in [0.1, 0.15) is 43.2 Å². The van der Waals surface area contributed by atoms with Crippen molar-refractivity contribution in [2.24, 2.45) is 0 Å². The maximum absolute atomic E-state index is 14.0. The second-order valence-electron chi connectivity index (χ2n) is 8.48. The highest BCUT2D eigenvalue weighted by Crippen LogP contribution is 2.44. The SMILES string of the molecule is CCCCC(NC(=O)OCC1c2ccccc2-c2ccccc21)C(=O)Oc1c(F)c(F)c(F)c(F)c1F. The van der Waals surface area contributed by atoms with E-state index in [1.54, 1.807) is 6.92 Å². The standard InChI is InChI=1S/C27H22F5NO4/c1-2-3-12-19(26(34)37-25-23(31)21(29)20(28)22(30)24(25)32)33-27(35)36-13-18-16-10-6-4-8-14(16)15-9-5-7-11-17(15)18/h4-11,18-19H,2-3,12-13H2,1H3,(H,33,35). The van der Waals surface area contributed by atoms with Crippen LogP contribution in [0.5, 0.6) is 5.75 Å². The predicted octanol–water partition coefficient (Wildman–Crippen LogP) is 6.39. The molecule has 0 heterocycles. The Morgan fingerprint density at radius 3 is 1.89 bits per heavy atom. The summed E-state index contributed by atoms with van der Waals surface area (Å²) in [5.74, 6) is -14.9. The number of ether oxygens (including phenoxy) is 2. The van der Waals surface area contributed by atoms with Gasteiger partial charge < -0.3 is 14.8 Å². The van der Waals surface area contributed by atoms with Gasteiger partial charge in [-0.1, -0.05) is 68.3 Å². The van der Waals surface area contributed by atoms with Crippen LogP contribution in [0.25, 0.3) is 11.1 Å². The molecule has 1 unspecified atom stereocenters. The summed E-state index contributed by atoms with van der Waals surface area (Å²) >= 11 is 0. The summed E-state index contributed by atoms with van der Waals surface area (Å²) in [6.45, 7) is 1.73. The zero-order chi connectivity index (χ0) is 26.7. The fourth-order valence-electron chi connectivity index (χ4n) is 4.29. The average molecular weight is 519 g/mol. The number of hydrogen-bond acceptors (Lipinski definition) is 4. The largest absolute Gasteiger partial charge is 0.449 e. The summed E-state index contributed by atoms with van der Waals surface area (Å²) in [4.78, 5) is 25.2. The molecular formula is C27H22F5NO4. The van der Waals surface area contributed by atoms with Crippen LogP contribution in [0.4, 0.5) is 26.7 Å². The number of alkyl carbamates (subject to hydrolysis) is 1. The van der Waals surface area contributed by atoms with E-state index in [0.717, 1.165) is 22.3 Å². The lowest BCUT2D eigenvalue weighted by Crippen LogP contribution is -2.43. The van der Waals surface area contributed by atoms with Gasteiger partial charge >= 0.3 is 12.1 Å². The molecule has 1 amide bonds. The van der Waals surface area contributed by atoms with Crippen molar-refractivity contribution in [1.82, 2.24) is 5.32 Å². The van der Waals surface area contributed by atoms with Gasteiger partial charge in [-0.15, -0.1) is 0 Å². The maximum atomic E-state index is 14.0. The van der Waals surface area contributed by atoms with Crippen LogP contribution in [-0.2, 0) is 9.53 Å². The molecule has 1 aliphatic rings. The topological polar surface area (TPSA) is 64.6 Å². The summed E-state index contributed by atoms with van der Waals surface area (Å²) in [7, 11) is 0. The van der Waals surface area contributed by atoms with Crippen LogP contribution in [0.3, 0.4) is 0 Å². The molecule has 37 heavy (non-hydrogen) atoms. The van der Waals surface area contributed by atoms with Crippen LogP contribution in [0.2, 0.25) is 0 Å². The number of amides is 1. The normalized spacial score (nSPS) is 13.0. The van der Waals surface area contributed by atoms with Gasteiger partial charge in [0.2, 0.25) is 34.8 Å². The van der Waals surface area contributed by atoms with Gasteiger partial charge in [-0.05, 0) is 28.7 Å². The van der Waals surface area contributed by atoms with E-state index in [4.69, 9.17) is 4.74 Å². The Morgan fingerprint density at radius 1 is 0.838 bits per heavy atom. The number of hydrogen-bond donors (Lipinski definition) is 1. The molecule has 0 radical (unpaired) electrons. The first-order chi connectivity index (χ1) is 17.7. The monoisotopic (exact) mass is 519 g/mol. The highest BCUT2D eigenvalue weighted by Gasteiger charge is 2.32. The van der Waals surface area contributed by atoms with Crippen molar-refractivity contribution in [2.45, 2.75) is 38.1 Å². The van der Waals surface area contributed by atoms with Gasteiger partial charge in [-0.25, -0.2) is 22.8 Å². The number of carbonyl (C=O) groups is 2. The van der Waals surface area contributed by atoms with Crippen molar-refractivity contribution >= 4 is 12.1 Å². The summed E-state index contributed by atoms with van der Waals surface area (Å²) in [6.07, 6.45) is -0.0500. The number of unbranched alkanes of at least 4 members (excludes halogenated alkanes) is 1. The van der Waals surface area contributed by atoms with Gasteiger partial charge in [0, 0.05) is 5.92 Å². The highest BCUT2D eigenvalue weighted by atomic mass is 19.2. The lowest BCUT2D eigenvalue weighted by molar-refractivity contribution is -0.137. The molecule has 194 valence electrons. The lowest BCUT2D eigenvalue weighted by Gasteiger charge is -2.19. The molecule has 1 atom stereocenters. The van der Waals surface area contributed by atoms with Crippen LogP contribution < -0.4 is 10.1 Å². The van der Waals surface area contributed by atoms with E-state index in [0.29, 0.717) is 12.8 Å². The van der Waals surface area contributed by atoms with Gasteiger partial charge in [0.1, 0.15) is 12.6 Å². The van der Waals surface area contributed by atoms with Crippen LogP contribution in [-0.4, -0.2) is 24.7 Å². The molecule has 3 aromatic rings. The molecule has 0 bridgehead atoms. The molecule has 0 spiro atoms. The molecule has 1 N–H and O–H groups in total. The van der Waals surface area contributed by atoms with Crippen molar-refractivity contribution in [3.05, 3.63) is 88.7 Å². The molecule has 10 heteroatoms. The zero-order valence-corrected chi connectivity index (χ0v) is 19.6. The van der Waals surface area contributed by atoms with Crippen molar-refractivity contribution in [3.8, 4) is 16.9 Å². The Bertz CT molecular complexity index is 1270. The van der Waals surface area contributed by atoms with Gasteiger partial charge in [-0.2, -0.15) is 8.78 Å². The molecule has 0 fully saturated rings. The Balaban J connectivity index is 1.47. The number of fused-ring (bicyclic) bond motifs is 3. The van der Waals surface area contributed by atoms with Crippen LogP contribution >= 0.6 is 0 Å². The summed E-state index contributed by atoms with van der Waals surface area (Å²) in [5.41, 5.74) is 3.95. The number of carbonyl (C=O) groups excluding carboxylic acids is 2. The summed E-state index contributed by atoms with van der Waals surface area (Å²) < 4.78 is 78.1. The molecule has 5 nitrogen and oxygen atoms in total.